The molecule has 1 atom stereocenters. The number of aromatic nitrogens is 2. The second kappa shape index (κ2) is 5.77. The lowest BCUT2D eigenvalue weighted by Crippen LogP contribution is -2.36. The van der Waals surface area contributed by atoms with Gasteiger partial charge in [0.1, 0.15) is 5.60 Å². The number of likely N-dealkylation sites (N-methyl/N-ethyl adjacent to an activating group) is 1. The highest BCUT2D eigenvalue weighted by Crippen LogP contribution is 2.33. The highest BCUT2D eigenvalue weighted by molar-refractivity contribution is 5.03. The normalized spacial score (nSPS) is 20.8. The molecular formula is C12H21N3O3. The van der Waals surface area contributed by atoms with Gasteiger partial charge in [-0.3, -0.25) is 0 Å². The summed E-state index contributed by atoms with van der Waals surface area (Å²) < 4.78 is 16.3. The Bertz CT molecular complexity index is 374. The Labute approximate surface area is 107 Å². The SMILES string of the molecule is CNC(C)Cc1nc(C2(OC)CCOCC2)no1. The summed E-state index contributed by atoms with van der Waals surface area (Å²) in [5, 5.41) is 7.22. The van der Waals surface area contributed by atoms with Crippen molar-refractivity contribution in [3.8, 4) is 0 Å². The number of nitrogens with zero attached hydrogens (tertiary/aromatic N) is 2. The molecule has 1 saturated heterocycles. The van der Waals surface area contributed by atoms with E-state index in [1.54, 1.807) is 7.11 Å². The number of nitrogens with one attached hydrogen (secondary N) is 1. The smallest absolute Gasteiger partial charge is 0.228 e. The van der Waals surface area contributed by atoms with Crippen molar-refractivity contribution in [2.24, 2.45) is 0 Å². The fourth-order valence-electron chi connectivity index (χ4n) is 2.11. The Morgan fingerprint density at radius 3 is 2.78 bits per heavy atom. The van der Waals surface area contributed by atoms with Crippen LogP contribution in [0.25, 0.3) is 0 Å². The van der Waals surface area contributed by atoms with E-state index >= 15 is 0 Å². The van der Waals surface area contributed by atoms with Crippen molar-refractivity contribution in [2.45, 2.75) is 37.8 Å². The third-order valence-corrected chi connectivity index (χ3v) is 3.54. The van der Waals surface area contributed by atoms with E-state index in [0.29, 0.717) is 31.0 Å². The summed E-state index contributed by atoms with van der Waals surface area (Å²) in [6.45, 7) is 3.42. The van der Waals surface area contributed by atoms with Crippen LogP contribution in [0.5, 0.6) is 0 Å². The first-order chi connectivity index (χ1) is 8.70. The molecule has 1 aromatic heterocycles. The number of hydrogen-bond donors (Lipinski definition) is 1. The van der Waals surface area contributed by atoms with E-state index in [2.05, 4.69) is 22.4 Å². The van der Waals surface area contributed by atoms with Crippen molar-refractivity contribution in [3.05, 3.63) is 11.7 Å². The molecule has 6 nitrogen and oxygen atoms in total. The number of hydrogen-bond acceptors (Lipinski definition) is 6. The highest BCUT2D eigenvalue weighted by atomic mass is 16.5. The first-order valence-corrected chi connectivity index (χ1v) is 6.33. The van der Waals surface area contributed by atoms with Crippen LogP contribution < -0.4 is 5.32 Å². The van der Waals surface area contributed by atoms with Crippen LogP contribution >= 0.6 is 0 Å². The molecule has 18 heavy (non-hydrogen) atoms. The van der Waals surface area contributed by atoms with Gasteiger partial charge in [-0.25, -0.2) is 0 Å². The minimum Gasteiger partial charge on any atom is -0.381 e. The van der Waals surface area contributed by atoms with E-state index in [0.717, 1.165) is 19.3 Å². The van der Waals surface area contributed by atoms with Crippen LogP contribution in [0.3, 0.4) is 0 Å². The van der Waals surface area contributed by atoms with Crippen molar-refractivity contribution in [1.82, 2.24) is 15.5 Å². The van der Waals surface area contributed by atoms with Gasteiger partial charge in [0.2, 0.25) is 11.7 Å². The minimum atomic E-state index is -0.442. The van der Waals surface area contributed by atoms with Crippen molar-refractivity contribution in [2.75, 3.05) is 27.4 Å². The van der Waals surface area contributed by atoms with E-state index in [1.165, 1.54) is 0 Å². The first-order valence-electron chi connectivity index (χ1n) is 6.33. The van der Waals surface area contributed by atoms with Gasteiger partial charge in [0, 0.05) is 45.6 Å². The van der Waals surface area contributed by atoms with Gasteiger partial charge in [0.25, 0.3) is 0 Å². The largest absolute Gasteiger partial charge is 0.381 e. The molecule has 1 aliphatic rings. The lowest BCUT2D eigenvalue weighted by Gasteiger charge is -2.32. The highest BCUT2D eigenvalue weighted by Gasteiger charge is 2.39. The molecule has 0 aliphatic carbocycles. The predicted molar refractivity (Wildman–Crippen MR) is 65.3 cm³/mol. The summed E-state index contributed by atoms with van der Waals surface area (Å²) in [5.74, 6) is 1.29. The van der Waals surface area contributed by atoms with E-state index in [1.807, 2.05) is 7.05 Å². The topological polar surface area (TPSA) is 69.4 Å². The molecule has 2 heterocycles. The van der Waals surface area contributed by atoms with Gasteiger partial charge in [-0.05, 0) is 14.0 Å². The van der Waals surface area contributed by atoms with Gasteiger partial charge >= 0.3 is 0 Å². The van der Waals surface area contributed by atoms with Crippen molar-refractivity contribution < 1.29 is 14.0 Å². The Morgan fingerprint density at radius 1 is 1.44 bits per heavy atom. The van der Waals surface area contributed by atoms with Gasteiger partial charge in [0.05, 0.1) is 0 Å². The van der Waals surface area contributed by atoms with Crippen LogP contribution in [0, 0.1) is 0 Å². The molecule has 0 saturated carbocycles. The van der Waals surface area contributed by atoms with Crippen LogP contribution in [0.4, 0.5) is 0 Å². The second-order valence-electron chi connectivity index (χ2n) is 4.72. The van der Waals surface area contributed by atoms with Crippen molar-refractivity contribution >= 4 is 0 Å². The summed E-state index contributed by atoms with van der Waals surface area (Å²) in [6, 6.07) is 0.312. The predicted octanol–water partition coefficient (Wildman–Crippen LogP) is 0.872. The molecular weight excluding hydrogens is 234 g/mol. The Hall–Kier alpha value is -0.980. The molecule has 1 fully saturated rings. The zero-order valence-electron chi connectivity index (χ0n) is 11.2. The van der Waals surface area contributed by atoms with E-state index < -0.39 is 5.60 Å². The second-order valence-corrected chi connectivity index (χ2v) is 4.72. The van der Waals surface area contributed by atoms with Crippen LogP contribution in [0.1, 0.15) is 31.5 Å². The standard InChI is InChI=1S/C12H21N3O3/c1-9(13-2)8-10-14-11(15-18-10)12(16-3)4-6-17-7-5-12/h9,13H,4-8H2,1-3H3. The summed E-state index contributed by atoms with van der Waals surface area (Å²) in [5.41, 5.74) is -0.442. The Morgan fingerprint density at radius 2 is 2.17 bits per heavy atom. The van der Waals surface area contributed by atoms with E-state index in [-0.39, 0.29) is 0 Å². The molecule has 0 spiro atoms. The Kier molecular flexibility index (Phi) is 4.31. The summed E-state index contributed by atoms with van der Waals surface area (Å²) in [6.07, 6.45) is 2.26. The van der Waals surface area contributed by atoms with Gasteiger partial charge in [-0.2, -0.15) is 4.98 Å². The van der Waals surface area contributed by atoms with Crippen LogP contribution in [0.2, 0.25) is 0 Å². The van der Waals surface area contributed by atoms with Gasteiger partial charge in [-0.15, -0.1) is 0 Å². The third-order valence-electron chi connectivity index (χ3n) is 3.54. The summed E-state index contributed by atoms with van der Waals surface area (Å²) in [4.78, 5) is 4.47. The molecule has 6 heteroatoms. The molecule has 102 valence electrons. The maximum atomic E-state index is 5.63. The molecule has 0 aromatic carbocycles. The zero-order valence-corrected chi connectivity index (χ0v) is 11.2. The molecule has 0 amide bonds. The molecule has 2 rings (SSSR count). The fraction of sp³-hybridized carbons (Fsp3) is 0.833. The fourth-order valence-corrected chi connectivity index (χ4v) is 2.11. The number of rotatable bonds is 5. The van der Waals surface area contributed by atoms with Crippen molar-refractivity contribution in [3.63, 3.8) is 0 Å². The first kappa shape index (κ1) is 13.5. The van der Waals surface area contributed by atoms with Gasteiger partial charge in [-0.1, -0.05) is 5.16 Å². The van der Waals surface area contributed by atoms with Crippen LogP contribution in [0.15, 0.2) is 4.52 Å². The third kappa shape index (κ3) is 2.71. The van der Waals surface area contributed by atoms with Gasteiger partial charge < -0.3 is 19.3 Å². The minimum absolute atomic E-state index is 0.312. The molecule has 1 unspecified atom stereocenters. The maximum Gasteiger partial charge on any atom is 0.228 e. The molecule has 1 aliphatic heterocycles. The summed E-state index contributed by atoms with van der Waals surface area (Å²) in [7, 11) is 3.61. The number of ether oxygens (including phenoxy) is 2. The molecule has 1 aromatic rings. The average molecular weight is 255 g/mol. The molecule has 0 radical (unpaired) electrons. The number of methoxy groups -OCH3 is 1. The lowest BCUT2D eigenvalue weighted by atomic mass is 9.93. The Balaban J connectivity index is 2.12. The van der Waals surface area contributed by atoms with Crippen molar-refractivity contribution in [1.29, 1.82) is 0 Å². The van der Waals surface area contributed by atoms with Crippen LogP contribution in [-0.2, 0) is 21.5 Å². The monoisotopic (exact) mass is 255 g/mol. The van der Waals surface area contributed by atoms with E-state index in [9.17, 15) is 0 Å². The lowest BCUT2D eigenvalue weighted by molar-refractivity contribution is -0.101. The maximum absolute atomic E-state index is 5.63. The summed E-state index contributed by atoms with van der Waals surface area (Å²) >= 11 is 0. The van der Waals surface area contributed by atoms with Gasteiger partial charge in [0.15, 0.2) is 0 Å². The molecule has 1 N–H and O–H groups in total. The molecule has 0 bridgehead atoms. The zero-order chi connectivity index (χ0) is 13.0. The quantitative estimate of drug-likeness (QED) is 0.842. The average Bonchev–Trinajstić information content (AvgIpc) is 2.88. The van der Waals surface area contributed by atoms with Crippen LogP contribution in [-0.4, -0.2) is 43.6 Å². The van der Waals surface area contributed by atoms with E-state index in [4.69, 9.17) is 14.0 Å².